The molecule has 0 amide bonds. The Bertz CT molecular complexity index is 943. The van der Waals surface area contributed by atoms with Gasteiger partial charge in [0.05, 0.1) is 24.3 Å². The van der Waals surface area contributed by atoms with E-state index < -0.39 is 10.0 Å². The molecule has 1 fully saturated rings. The van der Waals surface area contributed by atoms with Crippen LogP contribution in [-0.4, -0.2) is 51.6 Å². The summed E-state index contributed by atoms with van der Waals surface area (Å²) in [6.07, 6.45) is 8.50. The molecular weight excluding hydrogens is 302 g/mol. The van der Waals surface area contributed by atoms with Crippen molar-refractivity contribution in [2.45, 2.75) is 18.9 Å². The van der Waals surface area contributed by atoms with E-state index in [-0.39, 0.29) is 6.04 Å². The maximum Gasteiger partial charge on any atom is 0.211 e. The fourth-order valence-corrected chi connectivity index (χ4v) is 4.16. The predicted molar refractivity (Wildman–Crippen MR) is 84.1 cm³/mol. The van der Waals surface area contributed by atoms with Gasteiger partial charge in [0, 0.05) is 30.7 Å². The van der Waals surface area contributed by atoms with Gasteiger partial charge in [-0.05, 0) is 18.9 Å². The zero-order valence-corrected chi connectivity index (χ0v) is 13.0. The number of nitrogens with zero attached hydrogens (tertiary/aromatic N) is 4. The van der Waals surface area contributed by atoms with Crippen molar-refractivity contribution in [3.63, 3.8) is 0 Å². The van der Waals surface area contributed by atoms with Crippen molar-refractivity contribution in [1.82, 2.24) is 23.8 Å². The quantitative estimate of drug-likeness (QED) is 0.776. The average molecular weight is 319 g/mol. The maximum atomic E-state index is 11.8. The normalized spacial score (nSPS) is 20.9. The second-order valence-corrected chi connectivity index (χ2v) is 7.78. The maximum absolute atomic E-state index is 11.8. The van der Waals surface area contributed by atoms with Crippen LogP contribution in [-0.2, 0) is 10.0 Å². The van der Waals surface area contributed by atoms with E-state index in [1.165, 1.54) is 6.26 Å². The Morgan fingerprint density at radius 1 is 1.36 bits per heavy atom. The topological polar surface area (TPSA) is 83.9 Å². The number of hydrogen-bond donors (Lipinski definition) is 1. The van der Waals surface area contributed by atoms with Gasteiger partial charge < -0.3 is 9.55 Å². The smallest absolute Gasteiger partial charge is 0.211 e. The van der Waals surface area contributed by atoms with Crippen LogP contribution in [0.1, 0.15) is 18.9 Å². The van der Waals surface area contributed by atoms with E-state index in [9.17, 15) is 8.42 Å². The van der Waals surface area contributed by atoms with Crippen LogP contribution in [0, 0.1) is 0 Å². The zero-order chi connectivity index (χ0) is 15.3. The van der Waals surface area contributed by atoms with Crippen molar-refractivity contribution in [3.05, 3.63) is 24.8 Å². The Morgan fingerprint density at radius 3 is 3.05 bits per heavy atom. The number of H-pyrrole nitrogens is 1. The minimum absolute atomic E-state index is 0.106. The summed E-state index contributed by atoms with van der Waals surface area (Å²) in [5, 5.41) is 1.02. The predicted octanol–water partition coefficient (Wildman–Crippen LogP) is 1.51. The number of fused-ring (bicyclic) bond motifs is 3. The van der Waals surface area contributed by atoms with Gasteiger partial charge in [-0.1, -0.05) is 0 Å². The highest BCUT2D eigenvalue weighted by molar-refractivity contribution is 7.88. The third-order valence-electron chi connectivity index (χ3n) is 4.34. The van der Waals surface area contributed by atoms with Gasteiger partial charge >= 0.3 is 0 Å². The molecule has 0 spiro atoms. The van der Waals surface area contributed by atoms with Crippen LogP contribution < -0.4 is 0 Å². The Kier molecular flexibility index (Phi) is 2.98. The van der Waals surface area contributed by atoms with Gasteiger partial charge in [0.1, 0.15) is 11.2 Å². The molecule has 3 aromatic rings. The number of aromatic amines is 1. The van der Waals surface area contributed by atoms with Crippen molar-refractivity contribution in [2.24, 2.45) is 0 Å². The molecule has 4 rings (SSSR count). The van der Waals surface area contributed by atoms with Gasteiger partial charge in [0.25, 0.3) is 0 Å². The number of aromatic nitrogens is 4. The van der Waals surface area contributed by atoms with Crippen LogP contribution in [0.5, 0.6) is 0 Å². The Morgan fingerprint density at radius 2 is 2.23 bits per heavy atom. The first-order chi connectivity index (χ1) is 10.5. The summed E-state index contributed by atoms with van der Waals surface area (Å²) in [4.78, 5) is 11.9. The highest BCUT2D eigenvalue weighted by Gasteiger charge is 2.28. The summed E-state index contributed by atoms with van der Waals surface area (Å²) in [6.45, 7) is 1.10. The molecule has 1 atom stereocenters. The summed E-state index contributed by atoms with van der Waals surface area (Å²) in [5.41, 5.74) is 2.68. The van der Waals surface area contributed by atoms with Crippen LogP contribution in [0.3, 0.4) is 0 Å². The van der Waals surface area contributed by atoms with E-state index in [0.717, 1.165) is 34.9 Å². The molecule has 116 valence electrons. The lowest BCUT2D eigenvalue weighted by Crippen LogP contribution is -2.39. The zero-order valence-electron chi connectivity index (χ0n) is 12.2. The summed E-state index contributed by atoms with van der Waals surface area (Å²) in [7, 11) is -3.15. The number of imidazole rings is 1. The minimum atomic E-state index is -3.15. The molecule has 1 N–H and O–H groups in total. The summed E-state index contributed by atoms with van der Waals surface area (Å²) in [6, 6.07) is 2.09. The first-order valence-electron chi connectivity index (χ1n) is 7.28. The lowest BCUT2D eigenvalue weighted by Gasteiger charge is -2.32. The van der Waals surface area contributed by atoms with Gasteiger partial charge in [0.15, 0.2) is 0 Å². The Hall–Kier alpha value is -1.93. The minimum Gasteiger partial charge on any atom is -0.346 e. The third kappa shape index (κ3) is 2.10. The molecule has 0 aliphatic carbocycles. The summed E-state index contributed by atoms with van der Waals surface area (Å²) >= 11 is 0. The van der Waals surface area contributed by atoms with E-state index in [2.05, 4.69) is 19.5 Å². The van der Waals surface area contributed by atoms with Gasteiger partial charge in [-0.25, -0.2) is 22.7 Å². The van der Waals surface area contributed by atoms with Crippen molar-refractivity contribution in [2.75, 3.05) is 19.3 Å². The Labute approximate surface area is 128 Å². The van der Waals surface area contributed by atoms with Crippen molar-refractivity contribution in [1.29, 1.82) is 0 Å². The molecule has 8 heteroatoms. The van der Waals surface area contributed by atoms with E-state index in [1.54, 1.807) is 16.8 Å². The van der Waals surface area contributed by atoms with E-state index >= 15 is 0 Å². The van der Waals surface area contributed by atoms with Gasteiger partial charge in [-0.2, -0.15) is 0 Å². The first-order valence-corrected chi connectivity index (χ1v) is 9.12. The largest absolute Gasteiger partial charge is 0.346 e. The molecule has 1 saturated heterocycles. The molecule has 0 saturated carbocycles. The summed E-state index contributed by atoms with van der Waals surface area (Å²) in [5.74, 6) is 0. The van der Waals surface area contributed by atoms with Crippen molar-refractivity contribution in [3.8, 4) is 0 Å². The molecule has 1 aliphatic rings. The second kappa shape index (κ2) is 4.79. The fourth-order valence-electron chi connectivity index (χ4n) is 3.26. The highest BCUT2D eigenvalue weighted by Crippen LogP contribution is 2.29. The van der Waals surface area contributed by atoms with Gasteiger partial charge in [-0.15, -0.1) is 0 Å². The SMILES string of the molecule is CS(=O)(=O)N1CCC[C@@H](n2cnc3cnc4[nH]ccc4c32)C1. The second-order valence-electron chi connectivity index (χ2n) is 5.80. The lowest BCUT2D eigenvalue weighted by atomic mass is 10.1. The molecular formula is C14H17N5O2S. The summed E-state index contributed by atoms with van der Waals surface area (Å²) < 4.78 is 27.3. The van der Waals surface area contributed by atoms with Gasteiger partial charge in [-0.3, -0.25) is 0 Å². The van der Waals surface area contributed by atoms with Crippen LogP contribution in [0.15, 0.2) is 24.8 Å². The number of rotatable bonds is 2. The standard InChI is InChI=1S/C14H17N5O2S/c1-22(20,21)18-6-2-3-10(8-18)19-9-17-12-7-16-14-11(13(12)19)4-5-15-14/h4-5,7,9-10H,2-3,6,8H2,1H3,(H,15,16)/t10-/m1/s1. The number of nitrogens with one attached hydrogen (secondary N) is 1. The molecule has 0 bridgehead atoms. The van der Waals surface area contributed by atoms with E-state index in [0.29, 0.717) is 13.1 Å². The van der Waals surface area contributed by atoms with Crippen LogP contribution in [0.2, 0.25) is 0 Å². The molecule has 0 aromatic carbocycles. The van der Waals surface area contributed by atoms with Crippen LogP contribution in [0.25, 0.3) is 22.1 Å². The monoisotopic (exact) mass is 319 g/mol. The van der Waals surface area contributed by atoms with Gasteiger partial charge in [0.2, 0.25) is 10.0 Å². The molecule has 0 radical (unpaired) electrons. The number of hydrogen-bond acceptors (Lipinski definition) is 4. The molecule has 1 aliphatic heterocycles. The molecule has 22 heavy (non-hydrogen) atoms. The lowest BCUT2D eigenvalue weighted by molar-refractivity contribution is 0.272. The van der Waals surface area contributed by atoms with Crippen LogP contribution in [0.4, 0.5) is 0 Å². The fraction of sp³-hybridized carbons (Fsp3) is 0.429. The van der Waals surface area contributed by atoms with E-state index in [1.807, 2.05) is 12.3 Å². The first kappa shape index (κ1) is 13.7. The third-order valence-corrected chi connectivity index (χ3v) is 5.61. The molecule has 4 heterocycles. The number of piperidine rings is 1. The average Bonchev–Trinajstić information content (AvgIpc) is 3.12. The highest BCUT2D eigenvalue weighted by atomic mass is 32.2. The van der Waals surface area contributed by atoms with E-state index in [4.69, 9.17) is 0 Å². The molecule has 0 unspecified atom stereocenters. The molecule has 7 nitrogen and oxygen atoms in total. The Balaban J connectivity index is 1.82. The number of pyridine rings is 1. The molecule has 3 aromatic heterocycles. The van der Waals surface area contributed by atoms with Crippen molar-refractivity contribution >= 4 is 32.1 Å². The van der Waals surface area contributed by atoms with Crippen molar-refractivity contribution < 1.29 is 8.42 Å². The number of sulfonamides is 1. The van der Waals surface area contributed by atoms with Crippen LogP contribution >= 0.6 is 0 Å².